The van der Waals surface area contributed by atoms with Crippen molar-refractivity contribution in [2.45, 2.75) is 24.2 Å². The number of nitrogens with one attached hydrogen (secondary N) is 1. The lowest BCUT2D eigenvalue weighted by Crippen LogP contribution is -2.48. The fourth-order valence-corrected chi connectivity index (χ4v) is 2.90. The number of halogens is 5. The van der Waals surface area contributed by atoms with Crippen LogP contribution in [0.5, 0.6) is 0 Å². The van der Waals surface area contributed by atoms with Gasteiger partial charge in [0.15, 0.2) is 11.6 Å². The van der Waals surface area contributed by atoms with Crippen molar-refractivity contribution < 1.29 is 37.0 Å². The third-order valence-electron chi connectivity index (χ3n) is 4.02. The molecule has 2 rings (SSSR count). The molecular weight excluding hydrogens is 339 g/mol. The van der Waals surface area contributed by atoms with Gasteiger partial charge in [-0.05, 0) is 17.7 Å². The number of hydrogen-bond donors (Lipinski definition) is 3. The first-order chi connectivity index (χ1) is 11.1. The van der Waals surface area contributed by atoms with Gasteiger partial charge < -0.3 is 15.5 Å². The molecule has 10 heteroatoms. The molecular formula is C14H15F5N2O3. The van der Waals surface area contributed by atoms with Crippen molar-refractivity contribution in [2.24, 2.45) is 0 Å². The number of rotatable bonds is 4. The van der Waals surface area contributed by atoms with Crippen LogP contribution in [0.1, 0.15) is 11.5 Å². The van der Waals surface area contributed by atoms with Crippen molar-refractivity contribution in [3.63, 3.8) is 0 Å². The summed E-state index contributed by atoms with van der Waals surface area (Å²) in [5, 5.41) is 20.0. The van der Waals surface area contributed by atoms with Gasteiger partial charge in [0, 0.05) is 19.0 Å². The molecule has 3 atom stereocenters. The highest BCUT2D eigenvalue weighted by Gasteiger charge is 2.48. The number of aliphatic hydroxyl groups excluding tert-OH is 1. The molecule has 0 unspecified atom stereocenters. The van der Waals surface area contributed by atoms with E-state index in [-0.39, 0.29) is 18.7 Å². The van der Waals surface area contributed by atoms with Crippen molar-refractivity contribution >= 4 is 6.09 Å². The van der Waals surface area contributed by atoms with Gasteiger partial charge in [0.05, 0.1) is 12.6 Å². The molecule has 1 amide bonds. The Kier molecular flexibility index (Phi) is 5.29. The van der Waals surface area contributed by atoms with E-state index < -0.39 is 48.5 Å². The van der Waals surface area contributed by atoms with E-state index in [1.807, 2.05) is 0 Å². The zero-order chi connectivity index (χ0) is 18.1. The average Bonchev–Trinajstić information content (AvgIpc) is 2.83. The number of hydrogen-bond acceptors (Lipinski definition) is 3. The molecule has 1 aromatic carbocycles. The fourth-order valence-electron chi connectivity index (χ4n) is 2.90. The summed E-state index contributed by atoms with van der Waals surface area (Å²) in [4.78, 5) is 11.7. The molecule has 134 valence electrons. The van der Waals surface area contributed by atoms with Gasteiger partial charge in [0.2, 0.25) is 0 Å². The first-order valence-corrected chi connectivity index (χ1v) is 6.99. The van der Waals surface area contributed by atoms with Crippen molar-refractivity contribution in [1.29, 1.82) is 0 Å². The lowest BCUT2D eigenvalue weighted by molar-refractivity contribution is -0.190. The fraction of sp³-hybridized carbons (Fsp3) is 0.500. The minimum Gasteiger partial charge on any atom is -0.465 e. The maximum Gasteiger partial charge on any atom is 0.406 e. The van der Waals surface area contributed by atoms with Crippen LogP contribution in [0.25, 0.3) is 0 Å². The second-order valence-corrected chi connectivity index (χ2v) is 5.53. The molecule has 5 nitrogen and oxygen atoms in total. The lowest BCUT2D eigenvalue weighted by atomic mass is 9.94. The SMILES string of the molecule is O=C(O)N[C@@H]1CN([C@@H](CO)C(F)(F)F)C[C@H]1c1ccc(F)c(F)c1. The Hall–Kier alpha value is -1.94. The lowest BCUT2D eigenvalue weighted by Gasteiger charge is -2.28. The topological polar surface area (TPSA) is 72.8 Å². The van der Waals surface area contributed by atoms with Gasteiger partial charge in [-0.25, -0.2) is 13.6 Å². The van der Waals surface area contributed by atoms with E-state index in [9.17, 15) is 26.7 Å². The highest BCUT2D eigenvalue weighted by molar-refractivity contribution is 5.65. The number of carboxylic acid groups (broad SMARTS) is 1. The summed E-state index contributed by atoms with van der Waals surface area (Å²) < 4.78 is 65.3. The normalized spacial score (nSPS) is 23.2. The van der Waals surface area contributed by atoms with Crippen LogP contribution in [-0.4, -0.2) is 59.2 Å². The monoisotopic (exact) mass is 354 g/mol. The summed E-state index contributed by atoms with van der Waals surface area (Å²) in [6.45, 7) is -1.77. The first-order valence-electron chi connectivity index (χ1n) is 6.99. The van der Waals surface area contributed by atoms with E-state index in [2.05, 4.69) is 5.32 Å². The van der Waals surface area contributed by atoms with Crippen LogP contribution in [0.3, 0.4) is 0 Å². The van der Waals surface area contributed by atoms with E-state index in [0.29, 0.717) is 0 Å². The standard InChI is InChI=1S/C14H15F5N2O3/c15-9-2-1-7(3-10(9)16)8-4-21(5-11(8)20-13(23)24)12(6-22)14(17,18)19/h1-3,8,11-12,20,22H,4-6H2,(H,23,24)/t8-,11+,12-/m0/s1. The van der Waals surface area contributed by atoms with E-state index in [1.165, 1.54) is 6.07 Å². The van der Waals surface area contributed by atoms with Crippen molar-refractivity contribution in [1.82, 2.24) is 10.2 Å². The van der Waals surface area contributed by atoms with E-state index in [1.54, 1.807) is 0 Å². The van der Waals surface area contributed by atoms with Gasteiger partial charge >= 0.3 is 12.3 Å². The Morgan fingerprint density at radius 2 is 1.96 bits per heavy atom. The van der Waals surface area contributed by atoms with Crippen LogP contribution in [-0.2, 0) is 0 Å². The molecule has 0 spiro atoms. The number of nitrogens with zero attached hydrogens (tertiary/aromatic N) is 1. The van der Waals surface area contributed by atoms with Crippen molar-refractivity contribution in [2.75, 3.05) is 19.7 Å². The predicted molar refractivity (Wildman–Crippen MR) is 72.5 cm³/mol. The Morgan fingerprint density at radius 1 is 1.29 bits per heavy atom. The largest absolute Gasteiger partial charge is 0.465 e. The van der Waals surface area contributed by atoms with E-state index >= 15 is 0 Å². The average molecular weight is 354 g/mol. The Balaban J connectivity index is 2.30. The maximum absolute atomic E-state index is 13.4. The molecule has 24 heavy (non-hydrogen) atoms. The van der Waals surface area contributed by atoms with Crippen LogP contribution in [0.2, 0.25) is 0 Å². The van der Waals surface area contributed by atoms with Gasteiger partial charge in [-0.2, -0.15) is 13.2 Å². The van der Waals surface area contributed by atoms with Crippen molar-refractivity contribution in [3.05, 3.63) is 35.4 Å². The molecule has 1 aliphatic rings. The number of benzene rings is 1. The van der Waals surface area contributed by atoms with Crippen molar-refractivity contribution in [3.8, 4) is 0 Å². The minimum absolute atomic E-state index is 0.175. The summed E-state index contributed by atoms with van der Waals surface area (Å²) >= 11 is 0. The van der Waals surface area contributed by atoms with E-state index in [4.69, 9.17) is 10.2 Å². The molecule has 0 bridgehead atoms. The number of amides is 1. The first kappa shape index (κ1) is 18.4. The molecule has 0 saturated carbocycles. The zero-order valence-electron chi connectivity index (χ0n) is 12.2. The van der Waals surface area contributed by atoms with Crippen LogP contribution in [0, 0.1) is 11.6 Å². The summed E-state index contributed by atoms with van der Waals surface area (Å²) in [7, 11) is 0. The van der Waals surface area contributed by atoms with E-state index in [0.717, 1.165) is 17.0 Å². The Bertz CT molecular complexity index is 611. The molecule has 1 fully saturated rings. The Morgan fingerprint density at radius 3 is 2.46 bits per heavy atom. The highest BCUT2D eigenvalue weighted by atomic mass is 19.4. The number of alkyl halides is 3. The molecule has 0 radical (unpaired) electrons. The minimum atomic E-state index is -4.70. The van der Waals surface area contributed by atoms with Gasteiger partial charge in [-0.15, -0.1) is 0 Å². The number of carbonyl (C=O) groups is 1. The third kappa shape index (κ3) is 3.93. The van der Waals surface area contributed by atoms with Crippen LogP contribution in [0.4, 0.5) is 26.7 Å². The zero-order valence-corrected chi connectivity index (χ0v) is 12.2. The summed E-state index contributed by atoms with van der Waals surface area (Å²) in [6.07, 6.45) is -6.15. The number of aliphatic hydroxyl groups is 1. The van der Waals surface area contributed by atoms with Gasteiger partial charge in [-0.1, -0.05) is 6.07 Å². The van der Waals surface area contributed by atoms with Gasteiger partial charge in [0.25, 0.3) is 0 Å². The molecule has 3 N–H and O–H groups in total. The molecule has 0 aromatic heterocycles. The smallest absolute Gasteiger partial charge is 0.406 e. The third-order valence-corrected chi connectivity index (χ3v) is 4.02. The van der Waals surface area contributed by atoms with Gasteiger partial charge in [0.1, 0.15) is 6.04 Å². The summed E-state index contributed by atoms with van der Waals surface area (Å²) in [5.41, 5.74) is 0.175. The predicted octanol–water partition coefficient (Wildman–Crippen LogP) is 1.92. The second-order valence-electron chi connectivity index (χ2n) is 5.53. The molecule has 1 aromatic rings. The molecule has 1 saturated heterocycles. The number of likely N-dealkylation sites (tertiary alicyclic amines) is 1. The van der Waals surface area contributed by atoms with Crippen LogP contribution >= 0.6 is 0 Å². The van der Waals surface area contributed by atoms with Crippen LogP contribution in [0.15, 0.2) is 18.2 Å². The summed E-state index contributed by atoms with van der Waals surface area (Å²) in [6, 6.07) is -0.250. The van der Waals surface area contributed by atoms with Gasteiger partial charge in [-0.3, -0.25) is 4.90 Å². The highest BCUT2D eigenvalue weighted by Crippen LogP contribution is 2.34. The molecule has 1 aliphatic heterocycles. The molecule has 0 aliphatic carbocycles. The quantitative estimate of drug-likeness (QED) is 0.723. The molecule has 1 heterocycles. The summed E-state index contributed by atoms with van der Waals surface area (Å²) in [5.74, 6) is -3.10. The van der Waals surface area contributed by atoms with Crippen LogP contribution < -0.4 is 5.32 Å². The second kappa shape index (κ2) is 6.89. The Labute approximate surface area is 133 Å². The maximum atomic E-state index is 13.4.